The molecule has 2 N–H and O–H groups in total. The van der Waals surface area contributed by atoms with E-state index < -0.39 is 37.2 Å². The van der Waals surface area contributed by atoms with Crippen LogP contribution in [0.4, 0.5) is 13.2 Å². The highest BCUT2D eigenvalue weighted by Crippen LogP contribution is 2.28. The molecule has 0 saturated carbocycles. The van der Waals surface area contributed by atoms with E-state index in [1.54, 1.807) is 24.3 Å². The molecule has 0 bridgehead atoms. The number of hydrogen-bond donors (Lipinski definition) is 2. The highest BCUT2D eigenvalue weighted by atomic mass is 35.5. The van der Waals surface area contributed by atoms with E-state index in [0.717, 1.165) is 4.57 Å². The van der Waals surface area contributed by atoms with Gasteiger partial charge in [-0.3, -0.25) is 9.13 Å². The number of benzene rings is 2. The summed E-state index contributed by atoms with van der Waals surface area (Å²) in [4.78, 5) is 17.6. The molecule has 0 aliphatic rings. The lowest BCUT2D eigenvalue weighted by atomic mass is 10.1. The van der Waals surface area contributed by atoms with Gasteiger partial charge in [0.2, 0.25) is 0 Å². The van der Waals surface area contributed by atoms with Crippen LogP contribution in [-0.2, 0) is 13.1 Å². The van der Waals surface area contributed by atoms with Crippen molar-refractivity contribution in [3.8, 4) is 23.0 Å². The molecule has 0 fully saturated rings. The summed E-state index contributed by atoms with van der Waals surface area (Å²) in [6.07, 6.45) is -8.95. The van der Waals surface area contributed by atoms with E-state index in [4.69, 9.17) is 23.2 Å². The van der Waals surface area contributed by atoms with Crippen LogP contribution < -0.4 is 5.69 Å². The van der Waals surface area contributed by atoms with Crippen molar-refractivity contribution in [1.82, 2.24) is 23.9 Å². The van der Waals surface area contributed by atoms with Gasteiger partial charge in [-0.2, -0.15) is 18.4 Å². The maximum atomic E-state index is 13.4. The monoisotopic (exact) mass is 566 g/mol. The second-order valence-electron chi connectivity index (χ2n) is 8.31. The number of aliphatic hydroxyl groups excluding tert-OH is 2. The minimum atomic E-state index is -5.00. The van der Waals surface area contributed by atoms with Crippen LogP contribution in [0, 0.1) is 11.3 Å². The summed E-state index contributed by atoms with van der Waals surface area (Å²) in [7, 11) is 0. The molecule has 2 heterocycles. The van der Waals surface area contributed by atoms with Gasteiger partial charge < -0.3 is 10.2 Å². The van der Waals surface area contributed by atoms with E-state index in [1.807, 2.05) is 6.07 Å². The summed E-state index contributed by atoms with van der Waals surface area (Å²) < 4.78 is 42.5. The van der Waals surface area contributed by atoms with Crippen LogP contribution in [-0.4, -0.2) is 46.4 Å². The molecule has 2 aromatic heterocycles. The minimum absolute atomic E-state index is 0.00403. The largest absolute Gasteiger partial charge is 0.416 e. The van der Waals surface area contributed by atoms with E-state index in [9.17, 15) is 33.4 Å². The molecule has 0 aliphatic heterocycles. The number of alkyl halides is 3. The molecule has 38 heavy (non-hydrogen) atoms. The van der Waals surface area contributed by atoms with Crippen molar-refractivity contribution < 1.29 is 23.4 Å². The fourth-order valence-electron chi connectivity index (χ4n) is 3.84. The Morgan fingerprint density at radius 1 is 1.08 bits per heavy atom. The second kappa shape index (κ2) is 10.6. The predicted octanol–water partition coefficient (Wildman–Crippen LogP) is 4.10. The summed E-state index contributed by atoms with van der Waals surface area (Å²) >= 11 is 12.0. The van der Waals surface area contributed by atoms with E-state index in [1.165, 1.54) is 35.9 Å². The van der Waals surface area contributed by atoms with Crippen molar-refractivity contribution in [2.24, 2.45) is 0 Å². The predicted molar refractivity (Wildman–Crippen MR) is 132 cm³/mol. The zero-order chi connectivity index (χ0) is 27.8. The number of aliphatic hydroxyl groups is 2. The average Bonchev–Trinajstić information content (AvgIpc) is 3.39. The van der Waals surface area contributed by atoms with Gasteiger partial charge >= 0.3 is 11.9 Å². The van der Waals surface area contributed by atoms with Crippen LogP contribution in [0.1, 0.15) is 30.4 Å². The molecular weight excluding hydrogens is 548 g/mol. The third kappa shape index (κ3) is 5.46. The Morgan fingerprint density at radius 2 is 1.76 bits per heavy atom. The Bertz CT molecular complexity index is 1570. The van der Waals surface area contributed by atoms with Crippen molar-refractivity contribution in [2.75, 3.05) is 0 Å². The lowest BCUT2D eigenvalue weighted by molar-refractivity contribution is -0.207. The highest BCUT2D eigenvalue weighted by molar-refractivity contribution is 6.31. The number of imidazole rings is 1. The van der Waals surface area contributed by atoms with Crippen LogP contribution in [0.5, 0.6) is 0 Å². The lowest BCUT2D eigenvalue weighted by Gasteiger charge is -2.16. The number of aromatic nitrogens is 5. The summed E-state index contributed by atoms with van der Waals surface area (Å²) in [5.41, 5.74) is -0.703. The zero-order valence-corrected chi connectivity index (χ0v) is 21.1. The maximum absolute atomic E-state index is 13.4. The Labute approximate surface area is 223 Å². The van der Waals surface area contributed by atoms with E-state index in [-0.39, 0.29) is 28.6 Å². The lowest BCUT2D eigenvalue weighted by Crippen LogP contribution is -2.37. The van der Waals surface area contributed by atoms with Gasteiger partial charge in [0.25, 0.3) is 0 Å². The topological polar surface area (TPSA) is 122 Å². The molecule has 198 valence electrons. The van der Waals surface area contributed by atoms with Crippen LogP contribution in [0.2, 0.25) is 10.0 Å². The molecule has 9 nitrogen and oxygen atoms in total. The van der Waals surface area contributed by atoms with Gasteiger partial charge in [0.05, 0.1) is 24.5 Å². The van der Waals surface area contributed by atoms with Gasteiger partial charge in [0, 0.05) is 15.6 Å². The van der Waals surface area contributed by atoms with Crippen LogP contribution in [0.15, 0.2) is 53.3 Å². The van der Waals surface area contributed by atoms with Gasteiger partial charge in [0.15, 0.2) is 17.8 Å². The standard InChI is InChI=1S/C24H19Cl2F3N6O3/c1-13(36)22-31-20(32-35(22)17-4-2-3-16(26)9-17)12-33-18(10-30)21(14-5-7-15(25)8-6-14)34(23(33)38)11-19(37)24(27,28)29/h2-9,13,19,36-37H,11-12H2,1H3. The van der Waals surface area contributed by atoms with Crippen molar-refractivity contribution in [3.63, 3.8) is 0 Å². The number of nitrogens with zero attached hydrogens (tertiary/aromatic N) is 6. The molecule has 0 saturated heterocycles. The molecule has 2 atom stereocenters. The van der Waals surface area contributed by atoms with Crippen molar-refractivity contribution >= 4 is 23.2 Å². The Hall–Kier alpha value is -3.63. The number of hydrogen-bond acceptors (Lipinski definition) is 6. The molecule has 4 aromatic rings. The smallest absolute Gasteiger partial charge is 0.385 e. The third-order valence-electron chi connectivity index (χ3n) is 5.58. The summed E-state index contributed by atoms with van der Waals surface area (Å²) in [5.74, 6) is 0.106. The molecule has 14 heteroatoms. The second-order valence-corrected chi connectivity index (χ2v) is 9.18. The molecule has 2 unspecified atom stereocenters. The first kappa shape index (κ1) is 27.4. The Balaban J connectivity index is 1.87. The van der Waals surface area contributed by atoms with Crippen molar-refractivity contribution in [1.29, 1.82) is 5.26 Å². The molecular formula is C24H19Cl2F3N6O3. The van der Waals surface area contributed by atoms with Crippen molar-refractivity contribution in [3.05, 3.63) is 86.4 Å². The fraction of sp³-hybridized carbons (Fsp3) is 0.250. The molecule has 0 radical (unpaired) electrons. The summed E-state index contributed by atoms with van der Waals surface area (Å²) in [5, 5.41) is 35.0. The van der Waals surface area contributed by atoms with Crippen LogP contribution in [0.3, 0.4) is 0 Å². The van der Waals surface area contributed by atoms with Gasteiger partial charge in [-0.05, 0) is 37.3 Å². The fourth-order valence-corrected chi connectivity index (χ4v) is 4.15. The highest BCUT2D eigenvalue weighted by Gasteiger charge is 2.39. The first-order valence-corrected chi connectivity index (χ1v) is 11.8. The quantitative estimate of drug-likeness (QED) is 0.347. The third-order valence-corrected chi connectivity index (χ3v) is 6.07. The number of rotatable bonds is 7. The average molecular weight is 567 g/mol. The number of nitriles is 1. The Kier molecular flexibility index (Phi) is 7.66. The van der Waals surface area contributed by atoms with E-state index in [0.29, 0.717) is 20.3 Å². The van der Waals surface area contributed by atoms with Crippen LogP contribution in [0.25, 0.3) is 16.9 Å². The molecule has 2 aromatic carbocycles. The molecule has 0 amide bonds. The van der Waals surface area contributed by atoms with Crippen LogP contribution >= 0.6 is 23.2 Å². The molecule has 0 spiro atoms. The van der Waals surface area contributed by atoms with Gasteiger partial charge in [-0.25, -0.2) is 14.5 Å². The normalized spacial score (nSPS) is 13.3. The Morgan fingerprint density at radius 3 is 2.34 bits per heavy atom. The van der Waals surface area contributed by atoms with Gasteiger partial charge in [-0.15, -0.1) is 5.10 Å². The van der Waals surface area contributed by atoms with E-state index >= 15 is 0 Å². The van der Waals surface area contributed by atoms with Gasteiger partial charge in [0.1, 0.15) is 17.9 Å². The molecule has 4 rings (SSSR count). The molecule has 0 aliphatic carbocycles. The first-order valence-electron chi connectivity index (χ1n) is 11.0. The number of halogens is 5. The van der Waals surface area contributed by atoms with E-state index in [2.05, 4.69) is 10.1 Å². The zero-order valence-electron chi connectivity index (χ0n) is 19.6. The first-order chi connectivity index (χ1) is 17.9. The van der Waals surface area contributed by atoms with Gasteiger partial charge in [-0.1, -0.05) is 41.4 Å². The van der Waals surface area contributed by atoms with Crippen molar-refractivity contribution in [2.45, 2.75) is 38.4 Å². The summed E-state index contributed by atoms with van der Waals surface area (Å²) in [6.45, 7) is -0.106. The SMILES string of the molecule is CC(O)c1nc(Cn2c(C#N)c(-c3ccc(Cl)cc3)n(CC(O)C(F)(F)F)c2=O)nn1-c1cccc(Cl)c1. The maximum Gasteiger partial charge on any atom is 0.416 e. The summed E-state index contributed by atoms with van der Waals surface area (Å²) in [6, 6.07) is 14.2. The minimum Gasteiger partial charge on any atom is -0.385 e.